The Morgan fingerprint density at radius 2 is 2.04 bits per heavy atom. The van der Waals surface area contributed by atoms with Crippen molar-refractivity contribution in [2.24, 2.45) is 0 Å². The highest BCUT2D eigenvalue weighted by molar-refractivity contribution is 5.83. The molecule has 122 valence electrons. The third kappa shape index (κ3) is 4.53. The molecule has 23 heavy (non-hydrogen) atoms. The van der Waals surface area contributed by atoms with Gasteiger partial charge in [-0.15, -0.1) is 0 Å². The van der Waals surface area contributed by atoms with Crippen LogP contribution in [0.25, 0.3) is 0 Å². The van der Waals surface area contributed by atoms with E-state index in [2.05, 4.69) is 10.3 Å². The smallest absolute Gasteiger partial charge is 0.242 e. The number of amides is 1. The fraction of sp³-hybridized carbons (Fsp3) is 0.333. The van der Waals surface area contributed by atoms with E-state index in [1.54, 1.807) is 19.5 Å². The number of aromatic nitrogens is 1. The molecule has 0 aliphatic carbocycles. The standard InChI is InChI=1S/C18H23N3O2/c1-21(2)17(15-8-6-11-19-13-15)18(22)20-12-10-14-7-4-5-9-16(14)23-3/h4-9,11,13,17H,10,12H2,1-3H3,(H,20,22). The van der Waals surface area contributed by atoms with Gasteiger partial charge in [0, 0.05) is 18.9 Å². The number of nitrogens with one attached hydrogen (secondary N) is 1. The molecule has 0 fully saturated rings. The fourth-order valence-corrected chi connectivity index (χ4v) is 2.55. The van der Waals surface area contributed by atoms with Crippen LogP contribution in [0.2, 0.25) is 0 Å². The van der Waals surface area contributed by atoms with E-state index in [1.807, 2.05) is 55.4 Å². The van der Waals surface area contributed by atoms with Crippen LogP contribution < -0.4 is 10.1 Å². The van der Waals surface area contributed by atoms with Gasteiger partial charge in [-0.1, -0.05) is 24.3 Å². The molecule has 0 spiro atoms. The third-order valence-corrected chi connectivity index (χ3v) is 3.65. The van der Waals surface area contributed by atoms with Crippen molar-refractivity contribution in [3.63, 3.8) is 0 Å². The molecule has 0 radical (unpaired) electrons. The van der Waals surface area contributed by atoms with Crippen molar-refractivity contribution < 1.29 is 9.53 Å². The second kappa shape index (κ2) is 8.29. The number of carbonyl (C=O) groups is 1. The highest BCUT2D eigenvalue weighted by Crippen LogP contribution is 2.19. The zero-order valence-corrected chi connectivity index (χ0v) is 13.8. The maximum absolute atomic E-state index is 12.5. The van der Waals surface area contributed by atoms with Crippen LogP contribution in [0, 0.1) is 0 Å². The van der Waals surface area contributed by atoms with E-state index in [4.69, 9.17) is 4.74 Å². The molecule has 0 saturated heterocycles. The van der Waals surface area contributed by atoms with Gasteiger partial charge in [-0.05, 0) is 43.8 Å². The van der Waals surface area contributed by atoms with Gasteiger partial charge in [0.15, 0.2) is 0 Å². The Hall–Kier alpha value is -2.40. The highest BCUT2D eigenvalue weighted by Gasteiger charge is 2.22. The fourth-order valence-electron chi connectivity index (χ4n) is 2.55. The van der Waals surface area contributed by atoms with E-state index in [0.29, 0.717) is 6.54 Å². The minimum atomic E-state index is -0.346. The van der Waals surface area contributed by atoms with Crippen molar-refractivity contribution in [1.82, 2.24) is 15.2 Å². The summed E-state index contributed by atoms with van der Waals surface area (Å²) >= 11 is 0. The average Bonchev–Trinajstić information content (AvgIpc) is 2.56. The third-order valence-electron chi connectivity index (χ3n) is 3.65. The molecule has 1 N–H and O–H groups in total. The minimum Gasteiger partial charge on any atom is -0.496 e. The lowest BCUT2D eigenvalue weighted by Gasteiger charge is -2.23. The monoisotopic (exact) mass is 313 g/mol. The molecule has 0 bridgehead atoms. The second-order valence-electron chi connectivity index (χ2n) is 5.51. The first-order chi connectivity index (χ1) is 11.1. The van der Waals surface area contributed by atoms with Crippen LogP contribution in [0.3, 0.4) is 0 Å². The van der Waals surface area contributed by atoms with E-state index in [-0.39, 0.29) is 11.9 Å². The maximum Gasteiger partial charge on any atom is 0.242 e. The van der Waals surface area contributed by atoms with Crippen LogP contribution in [-0.4, -0.2) is 43.5 Å². The van der Waals surface area contributed by atoms with Crippen LogP contribution in [-0.2, 0) is 11.2 Å². The Bertz CT molecular complexity index is 629. The Morgan fingerprint density at radius 1 is 1.26 bits per heavy atom. The number of carbonyl (C=O) groups excluding carboxylic acids is 1. The largest absolute Gasteiger partial charge is 0.496 e. The number of nitrogens with zero attached hydrogens (tertiary/aromatic N) is 2. The molecule has 1 aromatic carbocycles. The molecule has 2 aromatic rings. The van der Waals surface area contributed by atoms with Crippen molar-refractivity contribution in [3.8, 4) is 5.75 Å². The van der Waals surface area contributed by atoms with E-state index in [0.717, 1.165) is 23.3 Å². The van der Waals surface area contributed by atoms with Crippen LogP contribution in [0.5, 0.6) is 5.75 Å². The summed E-state index contributed by atoms with van der Waals surface area (Å²) in [6.07, 6.45) is 4.16. The van der Waals surface area contributed by atoms with Crippen LogP contribution in [0.15, 0.2) is 48.8 Å². The molecule has 1 unspecified atom stereocenters. The van der Waals surface area contributed by atoms with Gasteiger partial charge in [0.05, 0.1) is 7.11 Å². The molecule has 1 amide bonds. The lowest BCUT2D eigenvalue weighted by Crippen LogP contribution is -2.38. The summed E-state index contributed by atoms with van der Waals surface area (Å²) in [6, 6.07) is 11.3. The van der Waals surface area contributed by atoms with Crippen LogP contribution in [0.4, 0.5) is 0 Å². The van der Waals surface area contributed by atoms with Gasteiger partial charge in [0.1, 0.15) is 11.8 Å². The predicted molar refractivity (Wildman–Crippen MR) is 90.4 cm³/mol. The van der Waals surface area contributed by atoms with E-state index >= 15 is 0 Å². The normalized spacial score (nSPS) is 12.0. The zero-order chi connectivity index (χ0) is 16.7. The van der Waals surface area contributed by atoms with Crippen molar-refractivity contribution in [3.05, 3.63) is 59.9 Å². The summed E-state index contributed by atoms with van der Waals surface area (Å²) in [7, 11) is 5.43. The topological polar surface area (TPSA) is 54.5 Å². The number of methoxy groups -OCH3 is 1. The molecule has 2 rings (SSSR count). The minimum absolute atomic E-state index is 0.0297. The Balaban J connectivity index is 1.97. The van der Waals surface area contributed by atoms with Crippen molar-refractivity contribution in [2.45, 2.75) is 12.5 Å². The molecule has 0 saturated carbocycles. The summed E-state index contributed by atoms with van der Waals surface area (Å²) in [5.74, 6) is 0.816. The van der Waals surface area contributed by atoms with E-state index in [1.165, 1.54) is 0 Å². The molecule has 5 nitrogen and oxygen atoms in total. The lowest BCUT2D eigenvalue weighted by atomic mass is 10.1. The highest BCUT2D eigenvalue weighted by atomic mass is 16.5. The number of rotatable bonds is 7. The summed E-state index contributed by atoms with van der Waals surface area (Å²) in [5, 5.41) is 3.00. The molecular formula is C18H23N3O2. The van der Waals surface area contributed by atoms with Gasteiger partial charge in [-0.3, -0.25) is 14.7 Å². The Labute approximate surface area is 137 Å². The summed E-state index contributed by atoms with van der Waals surface area (Å²) in [6.45, 7) is 0.559. The van der Waals surface area contributed by atoms with E-state index in [9.17, 15) is 4.79 Å². The predicted octanol–water partition coefficient (Wildman–Crippen LogP) is 2.05. The number of likely N-dealkylation sites (N-methyl/N-ethyl adjacent to an activating group) is 1. The van der Waals surface area contributed by atoms with Crippen LogP contribution in [0.1, 0.15) is 17.2 Å². The Morgan fingerprint density at radius 3 is 2.70 bits per heavy atom. The van der Waals surface area contributed by atoms with Gasteiger partial charge < -0.3 is 10.1 Å². The number of ether oxygens (including phenoxy) is 1. The summed E-state index contributed by atoms with van der Waals surface area (Å²) in [4.78, 5) is 18.5. The SMILES string of the molecule is COc1ccccc1CCNC(=O)C(c1cccnc1)N(C)C. The number of pyridine rings is 1. The quantitative estimate of drug-likeness (QED) is 0.850. The number of benzene rings is 1. The van der Waals surface area contributed by atoms with Gasteiger partial charge >= 0.3 is 0 Å². The molecular weight excluding hydrogens is 290 g/mol. The average molecular weight is 313 g/mol. The van der Waals surface area contributed by atoms with Gasteiger partial charge in [0.2, 0.25) is 5.91 Å². The number of para-hydroxylation sites is 1. The zero-order valence-electron chi connectivity index (χ0n) is 13.8. The van der Waals surface area contributed by atoms with Crippen molar-refractivity contribution in [1.29, 1.82) is 0 Å². The molecule has 0 aliphatic heterocycles. The lowest BCUT2D eigenvalue weighted by molar-refractivity contribution is -0.125. The molecule has 1 aromatic heterocycles. The van der Waals surface area contributed by atoms with Gasteiger partial charge in [-0.2, -0.15) is 0 Å². The van der Waals surface area contributed by atoms with Crippen molar-refractivity contribution >= 4 is 5.91 Å². The first-order valence-corrected chi connectivity index (χ1v) is 7.59. The second-order valence-corrected chi connectivity index (χ2v) is 5.51. The van der Waals surface area contributed by atoms with Crippen LogP contribution >= 0.6 is 0 Å². The number of hydrogen-bond donors (Lipinski definition) is 1. The van der Waals surface area contributed by atoms with Gasteiger partial charge in [0.25, 0.3) is 0 Å². The first-order valence-electron chi connectivity index (χ1n) is 7.59. The summed E-state index contributed by atoms with van der Waals surface area (Å²) in [5.41, 5.74) is 1.96. The number of hydrogen-bond acceptors (Lipinski definition) is 4. The maximum atomic E-state index is 12.5. The first kappa shape index (κ1) is 17.0. The Kier molecular flexibility index (Phi) is 6.11. The summed E-state index contributed by atoms with van der Waals surface area (Å²) < 4.78 is 5.33. The molecule has 5 heteroatoms. The molecule has 1 heterocycles. The molecule has 1 atom stereocenters. The van der Waals surface area contributed by atoms with E-state index < -0.39 is 0 Å². The van der Waals surface area contributed by atoms with Crippen molar-refractivity contribution in [2.75, 3.05) is 27.7 Å². The van der Waals surface area contributed by atoms with Gasteiger partial charge in [-0.25, -0.2) is 0 Å². The molecule has 0 aliphatic rings.